The zero-order valence-electron chi connectivity index (χ0n) is 16.2. The second kappa shape index (κ2) is 8.52. The smallest absolute Gasteiger partial charge is 0.0962 e. The molecule has 0 amide bonds. The first-order valence-electron chi connectivity index (χ1n) is 10.0. The topological polar surface area (TPSA) is 46.2 Å². The molecule has 1 saturated carbocycles. The van der Waals surface area contributed by atoms with Gasteiger partial charge in [-0.2, -0.15) is 0 Å². The van der Waals surface area contributed by atoms with Crippen molar-refractivity contribution in [2.45, 2.75) is 62.3 Å². The molecule has 2 heterocycles. The number of nitrogens with one attached hydrogen (secondary N) is 2. The van der Waals surface area contributed by atoms with Crippen LogP contribution in [0.25, 0.3) is 10.4 Å². The molecule has 1 aromatic carbocycles. The van der Waals surface area contributed by atoms with Gasteiger partial charge < -0.3 is 10.1 Å². The highest BCUT2D eigenvalue weighted by Crippen LogP contribution is 2.40. The fourth-order valence-electron chi connectivity index (χ4n) is 3.82. The second-order valence-corrected chi connectivity index (χ2v) is 9.88. The summed E-state index contributed by atoms with van der Waals surface area (Å²) in [4.78, 5) is 7.33. The van der Waals surface area contributed by atoms with Crippen LogP contribution in [-0.4, -0.2) is 30.3 Å². The van der Waals surface area contributed by atoms with Crippen molar-refractivity contribution in [2.24, 2.45) is 0 Å². The highest BCUT2D eigenvalue weighted by molar-refractivity contribution is 7.97. The quantitative estimate of drug-likeness (QED) is 0.583. The minimum absolute atomic E-state index is 0.0558. The van der Waals surface area contributed by atoms with Crippen LogP contribution in [0.3, 0.4) is 0 Å². The summed E-state index contributed by atoms with van der Waals surface area (Å²) in [5, 5.41) is 4.95. The highest BCUT2D eigenvalue weighted by atomic mass is 32.2. The molecule has 0 unspecified atom stereocenters. The average molecular weight is 404 g/mol. The molecular weight excluding hydrogens is 374 g/mol. The van der Waals surface area contributed by atoms with Crippen LogP contribution in [0.5, 0.6) is 0 Å². The molecule has 1 saturated heterocycles. The normalized spacial score (nSPS) is 19.6. The minimum atomic E-state index is 0.0558. The molecule has 0 spiro atoms. The second-order valence-electron chi connectivity index (χ2n) is 7.89. The first-order chi connectivity index (χ1) is 13.2. The van der Waals surface area contributed by atoms with E-state index >= 15 is 0 Å². The van der Waals surface area contributed by atoms with Crippen molar-refractivity contribution in [1.82, 2.24) is 9.71 Å². The van der Waals surface area contributed by atoms with E-state index in [0.29, 0.717) is 5.92 Å². The van der Waals surface area contributed by atoms with Gasteiger partial charge in [-0.15, -0.1) is 11.3 Å². The van der Waals surface area contributed by atoms with Crippen molar-refractivity contribution in [3.8, 4) is 10.4 Å². The van der Waals surface area contributed by atoms with Gasteiger partial charge in [0.1, 0.15) is 0 Å². The van der Waals surface area contributed by atoms with Gasteiger partial charge in [0, 0.05) is 34.8 Å². The molecule has 0 bridgehead atoms. The average Bonchev–Trinajstić information content (AvgIpc) is 3.16. The maximum absolute atomic E-state index is 5.37. The Morgan fingerprint density at radius 3 is 2.78 bits per heavy atom. The molecular formula is C21H29N3OS2. The molecule has 27 heavy (non-hydrogen) atoms. The molecule has 0 atom stereocenters. The Morgan fingerprint density at radius 1 is 1.26 bits per heavy atom. The molecule has 4 nitrogen and oxygen atoms in total. The summed E-state index contributed by atoms with van der Waals surface area (Å²) < 4.78 is 8.78. The summed E-state index contributed by atoms with van der Waals surface area (Å²) >= 11 is 3.59. The van der Waals surface area contributed by atoms with Gasteiger partial charge in [-0.3, -0.25) is 4.72 Å². The maximum atomic E-state index is 5.37. The van der Waals surface area contributed by atoms with Gasteiger partial charge in [0.15, 0.2) is 0 Å². The SMILES string of the molecule is CCNSc1cc(NC2(C)COC2)ccc1-c1cnc(C2CCCCC2)s1. The highest BCUT2D eigenvalue weighted by Gasteiger charge is 2.33. The number of hydrogen-bond acceptors (Lipinski definition) is 6. The van der Waals surface area contributed by atoms with E-state index in [1.54, 1.807) is 11.9 Å². The number of ether oxygens (including phenoxy) is 1. The lowest BCUT2D eigenvalue weighted by molar-refractivity contribution is -0.0318. The number of benzene rings is 1. The van der Waals surface area contributed by atoms with E-state index in [4.69, 9.17) is 9.72 Å². The zero-order valence-corrected chi connectivity index (χ0v) is 17.8. The molecule has 146 valence electrons. The van der Waals surface area contributed by atoms with Gasteiger partial charge >= 0.3 is 0 Å². The fourth-order valence-corrected chi connectivity index (χ4v) is 5.78. The van der Waals surface area contributed by atoms with Crippen LogP contribution in [0.1, 0.15) is 56.9 Å². The summed E-state index contributed by atoms with van der Waals surface area (Å²) in [7, 11) is 0. The summed E-state index contributed by atoms with van der Waals surface area (Å²) in [5.41, 5.74) is 2.49. The van der Waals surface area contributed by atoms with Crippen molar-refractivity contribution >= 4 is 29.0 Å². The first-order valence-corrected chi connectivity index (χ1v) is 11.7. The molecule has 2 N–H and O–H groups in total. The maximum Gasteiger partial charge on any atom is 0.0962 e. The third-order valence-corrected chi connectivity index (χ3v) is 7.52. The third kappa shape index (κ3) is 4.50. The van der Waals surface area contributed by atoms with Crippen molar-refractivity contribution < 1.29 is 4.74 Å². The predicted molar refractivity (Wildman–Crippen MR) is 116 cm³/mol. The van der Waals surface area contributed by atoms with E-state index in [1.165, 1.54) is 52.4 Å². The van der Waals surface area contributed by atoms with E-state index in [9.17, 15) is 0 Å². The summed E-state index contributed by atoms with van der Waals surface area (Å²) in [6.45, 7) is 6.81. The van der Waals surface area contributed by atoms with Gasteiger partial charge in [0.2, 0.25) is 0 Å². The molecule has 1 aliphatic heterocycles. The van der Waals surface area contributed by atoms with E-state index in [0.717, 1.165) is 25.4 Å². The number of thiazole rings is 1. The summed E-state index contributed by atoms with van der Waals surface area (Å²) in [5.74, 6) is 0.668. The van der Waals surface area contributed by atoms with Crippen molar-refractivity contribution in [2.75, 3.05) is 25.1 Å². The molecule has 2 aromatic rings. The summed E-state index contributed by atoms with van der Waals surface area (Å²) in [6, 6.07) is 6.68. The Hall–Kier alpha value is -1.08. The number of rotatable bonds is 7. The molecule has 2 aliphatic rings. The Morgan fingerprint density at radius 2 is 2.07 bits per heavy atom. The third-order valence-electron chi connectivity index (χ3n) is 5.34. The fraction of sp³-hybridized carbons (Fsp3) is 0.571. The van der Waals surface area contributed by atoms with Gasteiger partial charge in [-0.05, 0) is 43.8 Å². The molecule has 0 radical (unpaired) electrons. The Bertz CT molecular complexity index is 767. The van der Waals surface area contributed by atoms with Gasteiger partial charge in [-0.25, -0.2) is 4.98 Å². The van der Waals surface area contributed by atoms with Crippen molar-refractivity contribution in [3.05, 3.63) is 29.4 Å². The Balaban J connectivity index is 1.57. The van der Waals surface area contributed by atoms with Crippen LogP contribution in [0.2, 0.25) is 0 Å². The van der Waals surface area contributed by atoms with Gasteiger partial charge in [-0.1, -0.05) is 32.3 Å². The van der Waals surface area contributed by atoms with Crippen LogP contribution in [0.15, 0.2) is 29.3 Å². The molecule has 2 fully saturated rings. The van der Waals surface area contributed by atoms with Crippen LogP contribution >= 0.6 is 23.3 Å². The van der Waals surface area contributed by atoms with E-state index in [2.05, 4.69) is 48.3 Å². The lowest BCUT2D eigenvalue weighted by Gasteiger charge is -2.39. The number of anilines is 1. The minimum Gasteiger partial charge on any atom is -0.376 e. The van der Waals surface area contributed by atoms with Gasteiger partial charge in [0.25, 0.3) is 0 Å². The van der Waals surface area contributed by atoms with Crippen LogP contribution in [0.4, 0.5) is 5.69 Å². The Labute approximate surface area is 170 Å². The van der Waals surface area contributed by atoms with Gasteiger partial charge in [0.05, 0.1) is 28.6 Å². The van der Waals surface area contributed by atoms with E-state index in [-0.39, 0.29) is 5.54 Å². The van der Waals surface area contributed by atoms with Crippen molar-refractivity contribution in [1.29, 1.82) is 0 Å². The zero-order chi connectivity index (χ0) is 18.7. The predicted octanol–water partition coefficient (Wildman–Crippen LogP) is 5.68. The molecule has 4 rings (SSSR count). The molecule has 6 heteroatoms. The first kappa shape index (κ1) is 19.2. The Kier molecular flexibility index (Phi) is 6.07. The largest absolute Gasteiger partial charge is 0.376 e. The number of hydrogen-bond donors (Lipinski definition) is 2. The monoisotopic (exact) mass is 403 g/mol. The van der Waals surface area contributed by atoms with E-state index in [1.807, 2.05) is 11.3 Å². The van der Waals surface area contributed by atoms with Crippen LogP contribution < -0.4 is 10.0 Å². The standard InChI is InChI=1S/C21H29N3OS2/c1-3-23-27-18-11-16(24-21(2)13-25-14-21)9-10-17(18)19-12-22-20(26-19)15-7-5-4-6-8-15/h9-12,15,23-24H,3-8,13-14H2,1-2H3. The van der Waals surface area contributed by atoms with Crippen molar-refractivity contribution in [3.63, 3.8) is 0 Å². The number of aromatic nitrogens is 1. The lowest BCUT2D eigenvalue weighted by atomic mass is 9.90. The molecule has 1 aliphatic carbocycles. The van der Waals surface area contributed by atoms with E-state index < -0.39 is 0 Å². The number of nitrogens with zero attached hydrogens (tertiary/aromatic N) is 1. The summed E-state index contributed by atoms with van der Waals surface area (Å²) in [6.07, 6.45) is 8.77. The van der Waals surface area contributed by atoms with Crippen LogP contribution in [-0.2, 0) is 4.74 Å². The molecule has 1 aromatic heterocycles. The van der Waals surface area contributed by atoms with Crippen LogP contribution in [0, 0.1) is 0 Å². The lowest BCUT2D eigenvalue weighted by Crippen LogP contribution is -2.53.